The van der Waals surface area contributed by atoms with Crippen LogP contribution >= 0.6 is 0 Å². The Bertz CT molecular complexity index is 169. The topological polar surface area (TPSA) is 41.5 Å². The van der Waals surface area contributed by atoms with Gasteiger partial charge >= 0.3 is 0 Å². The first-order valence-corrected chi connectivity index (χ1v) is 5.29. The number of rotatable bonds is 7. The molecular formula is C11H23NO2. The van der Waals surface area contributed by atoms with E-state index in [1.54, 1.807) is 0 Å². The molecule has 0 aliphatic heterocycles. The summed E-state index contributed by atoms with van der Waals surface area (Å²) < 4.78 is 5.34. The molecule has 0 spiro atoms. The first kappa shape index (κ1) is 13.5. The SMILES string of the molecule is C/C=C(\C)OCCNC(O)C(C)CC. The van der Waals surface area contributed by atoms with Gasteiger partial charge in [0.15, 0.2) is 0 Å². The Morgan fingerprint density at radius 1 is 1.57 bits per heavy atom. The van der Waals surface area contributed by atoms with E-state index >= 15 is 0 Å². The summed E-state index contributed by atoms with van der Waals surface area (Å²) in [6.45, 7) is 9.23. The Labute approximate surface area is 87.2 Å². The van der Waals surface area contributed by atoms with Gasteiger partial charge in [-0.15, -0.1) is 0 Å². The quantitative estimate of drug-likeness (QED) is 0.375. The van der Waals surface area contributed by atoms with Gasteiger partial charge in [-0.1, -0.05) is 19.9 Å². The zero-order valence-electron chi connectivity index (χ0n) is 9.71. The van der Waals surface area contributed by atoms with E-state index in [-0.39, 0.29) is 5.92 Å². The van der Waals surface area contributed by atoms with E-state index in [2.05, 4.69) is 12.2 Å². The van der Waals surface area contributed by atoms with E-state index in [0.29, 0.717) is 13.2 Å². The highest BCUT2D eigenvalue weighted by molar-refractivity contribution is 4.84. The number of nitrogens with one attached hydrogen (secondary N) is 1. The molecule has 84 valence electrons. The van der Waals surface area contributed by atoms with Crippen LogP contribution in [0.4, 0.5) is 0 Å². The molecule has 3 heteroatoms. The van der Waals surface area contributed by atoms with Crippen LogP contribution in [0.2, 0.25) is 0 Å². The van der Waals surface area contributed by atoms with Crippen LogP contribution in [-0.4, -0.2) is 24.5 Å². The molecule has 2 atom stereocenters. The summed E-state index contributed by atoms with van der Waals surface area (Å²) in [6.07, 6.45) is 2.48. The summed E-state index contributed by atoms with van der Waals surface area (Å²) in [5.41, 5.74) is 0. The first-order valence-electron chi connectivity index (χ1n) is 5.29. The summed E-state index contributed by atoms with van der Waals surface area (Å²) in [6, 6.07) is 0. The average molecular weight is 201 g/mol. The molecule has 0 aliphatic carbocycles. The number of hydrogen-bond donors (Lipinski definition) is 2. The van der Waals surface area contributed by atoms with Gasteiger partial charge in [-0.2, -0.15) is 0 Å². The van der Waals surface area contributed by atoms with Crippen molar-refractivity contribution in [3.8, 4) is 0 Å². The maximum Gasteiger partial charge on any atom is 0.107 e. The van der Waals surface area contributed by atoms with Crippen molar-refractivity contribution in [3.05, 3.63) is 11.8 Å². The van der Waals surface area contributed by atoms with Crippen LogP contribution in [0.3, 0.4) is 0 Å². The lowest BCUT2D eigenvalue weighted by Gasteiger charge is -2.18. The lowest BCUT2D eigenvalue weighted by atomic mass is 10.1. The van der Waals surface area contributed by atoms with Crippen LogP contribution < -0.4 is 5.32 Å². The van der Waals surface area contributed by atoms with Gasteiger partial charge in [0.2, 0.25) is 0 Å². The lowest BCUT2D eigenvalue weighted by Crippen LogP contribution is -2.36. The predicted octanol–water partition coefficient (Wildman–Crippen LogP) is 1.88. The van der Waals surface area contributed by atoms with E-state index in [0.717, 1.165) is 12.2 Å². The van der Waals surface area contributed by atoms with E-state index in [9.17, 15) is 5.11 Å². The van der Waals surface area contributed by atoms with Gasteiger partial charge in [0.1, 0.15) is 12.8 Å². The van der Waals surface area contributed by atoms with Gasteiger partial charge in [0.05, 0.1) is 5.76 Å². The molecule has 0 radical (unpaired) electrons. The summed E-state index contributed by atoms with van der Waals surface area (Å²) in [7, 11) is 0. The Morgan fingerprint density at radius 3 is 2.71 bits per heavy atom. The van der Waals surface area contributed by atoms with Crippen molar-refractivity contribution in [2.75, 3.05) is 13.2 Å². The fourth-order valence-electron chi connectivity index (χ4n) is 0.927. The number of aliphatic hydroxyl groups is 1. The second kappa shape index (κ2) is 7.83. The van der Waals surface area contributed by atoms with Gasteiger partial charge in [-0.05, 0) is 26.2 Å². The Kier molecular flexibility index (Phi) is 7.52. The number of hydrogen-bond acceptors (Lipinski definition) is 3. The first-order chi connectivity index (χ1) is 6.61. The maximum atomic E-state index is 9.56. The minimum Gasteiger partial charge on any atom is -0.497 e. The minimum absolute atomic E-state index is 0.290. The molecule has 0 saturated heterocycles. The number of ether oxygens (including phenoxy) is 1. The summed E-state index contributed by atoms with van der Waals surface area (Å²) in [5, 5.41) is 12.6. The molecule has 14 heavy (non-hydrogen) atoms. The third kappa shape index (κ3) is 6.00. The fraction of sp³-hybridized carbons (Fsp3) is 0.818. The molecule has 0 heterocycles. The molecule has 0 aliphatic rings. The Morgan fingerprint density at radius 2 is 2.21 bits per heavy atom. The van der Waals surface area contributed by atoms with Gasteiger partial charge < -0.3 is 9.84 Å². The zero-order valence-corrected chi connectivity index (χ0v) is 9.71. The molecule has 3 nitrogen and oxygen atoms in total. The molecule has 0 saturated carbocycles. The van der Waals surface area contributed by atoms with E-state index in [1.807, 2.05) is 26.8 Å². The molecule has 2 unspecified atom stereocenters. The average Bonchev–Trinajstić information content (AvgIpc) is 2.22. The molecule has 0 amide bonds. The lowest BCUT2D eigenvalue weighted by molar-refractivity contribution is 0.0724. The van der Waals surface area contributed by atoms with Gasteiger partial charge in [-0.3, -0.25) is 5.32 Å². The molecule has 0 aromatic heterocycles. The Balaban J connectivity index is 3.45. The number of allylic oxidation sites excluding steroid dienone is 2. The van der Waals surface area contributed by atoms with Gasteiger partial charge in [0.25, 0.3) is 0 Å². The highest BCUT2D eigenvalue weighted by Crippen LogP contribution is 2.04. The highest BCUT2D eigenvalue weighted by Gasteiger charge is 2.10. The van der Waals surface area contributed by atoms with Crippen LogP contribution in [0.1, 0.15) is 34.1 Å². The third-order valence-electron chi connectivity index (χ3n) is 2.37. The van der Waals surface area contributed by atoms with Crippen molar-refractivity contribution >= 4 is 0 Å². The Hall–Kier alpha value is -0.540. The van der Waals surface area contributed by atoms with Crippen LogP contribution in [-0.2, 0) is 4.74 Å². The molecule has 0 bridgehead atoms. The van der Waals surface area contributed by atoms with E-state index in [1.165, 1.54) is 0 Å². The molecular weight excluding hydrogens is 178 g/mol. The second-order valence-corrected chi connectivity index (χ2v) is 3.53. The van der Waals surface area contributed by atoms with Crippen molar-refractivity contribution in [3.63, 3.8) is 0 Å². The maximum absolute atomic E-state index is 9.56. The van der Waals surface area contributed by atoms with Gasteiger partial charge in [-0.25, -0.2) is 0 Å². The normalized spacial score (nSPS) is 16.5. The monoisotopic (exact) mass is 201 g/mol. The summed E-state index contributed by atoms with van der Waals surface area (Å²) >= 11 is 0. The highest BCUT2D eigenvalue weighted by atomic mass is 16.5. The van der Waals surface area contributed by atoms with Crippen molar-refractivity contribution in [2.24, 2.45) is 5.92 Å². The van der Waals surface area contributed by atoms with Crippen LogP contribution in [0, 0.1) is 5.92 Å². The molecule has 0 aromatic carbocycles. The predicted molar refractivity (Wildman–Crippen MR) is 58.8 cm³/mol. The van der Waals surface area contributed by atoms with Crippen molar-refractivity contribution in [2.45, 2.75) is 40.3 Å². The molecule has 0 rings (SSSR count). The second-order valence-electron chi connectivity index (χ2n) is 3.53. The van der Waals surface area contributed by atoms with Crippen LogP contribution in [0.5, 0.6) is 0 Å². The van der Waals surface area contributed by atoms with Crippen molar-refractivity contribution in [1.29, 1.82) is 0 Å². The largest absolute Gasteiger partial charge is 0.497 e. The van der Waals surface area contributed by atoms with E-state index < -0.39 is 6.23 Å². The van der Waals surface area contributed by atoms with Crippen LogP contribution in [0.15, 0.2) is 11.8 Å². The summed E-state index contributed by atoms with van der Waals surface area (Å²) in [5.74, 6) is 1.21. The zero-order chi connectivity index (χ0) is 11.0. The van der Waals surface area contributed by atoms with Crippen LogP contribution in [0.25, 0.3) is 0 Å². The molecule has 0 aromatic rings. The minimum atomic E-state index is -0.422. The number of aliphatic hydroxyl groups excluding tert-OH is 1. The standard InChI is InChI=1S/C11H23NO2/c1-5-9(3)11(13)12-7-8-14-10(4)6-2/h6,9,11-13H,5,7-8H2,1-4H3/b10-6+. The molecule has 0 fully saturated rings. The van der Waals surface area contributed by atoms with Gasteiger partial charge in [0, 0.05) is 6.54 Å². The third-order valence-corrected chi connectivity index (χ3v) is 2.37. The fourth-order valence-corrected chi connectivity index (χ4v) is 0.927. The van der Waals surface area contributed by atoms with Crippen molar-refractivity contribution in [1.82, 2.24) is 5.32 Å². The molecule has 2 N–H and O–H groups in total. The smallest absolute Gasteiger partial charge is 0.107 e. The summed E-state index contributed by atoms with van der Waals surface area (Å²) in [4.78, 5) is 0. The van der Waals surface area contributed by atoms with E-state index in [4.69, 9.17) is 4.74 Å². The van der Waals surface area contributed by atoms with Crippen molar-refractivity contribution < 1.29 is 9.84 Å².